The van der Waals surface area contributed by atoms with Crippen molar-refractivity contribution in [2.75, 3.05) is 6.61 Å². The van der Waals surface area contributed by atoms with Crippen molar-refractivity contribution in [3.05, 3.63) is 23.0 Å². The van der Waals surface area contributed by atoms with Crippen LogP contribution in [0, 0.1) is 6.92 Å². The summed E-state index contributed by atoms with van der Waals surface area (Å²) in [5.41, 5.74) is 1.47. The van der Waals surface area contributed by atoms with E-state index in [1.807, 2.05) is 23.6 Å². The van der Waals surface area contributed by atoms with Gasteiger partial charge in [0, 0.05) is 17.3 Å². The normalized spacial score (nSPS) is 10.8. The van der Waals surface area contributed by atoms with Crippen LogP contribution in [-0.4, -0.2) is 22.0 Å². The molecule has 0 amide bonds. The first-order valence-electron chi connectivity index (χ1n) is 4.82. The molecule has 0 saturated heterocycles. The summed E-state index contributed by atoms with van der Waals surface area (Å²) in [5, 5.41) is 2.00. The maximum Gasteiger partial charge on any atom is 0.358 e. The van der Waals surface area contributed by atoms with Gasteiger partial charge in [0.1, 0.15) is 0 Å². The molecule has 2 aromatic rings. The summed E-state index contributed by atoms with van der Waals surface area (Å²) in [6.07, 6.45) is 2.55. The van der Waals surface area contributed by atoms with E-state index < -0.39 is 0 Å². The molecule has 80 valence electrons. The van der Waals surface area contributed by atoms with E-state index >= 15 is 0 Å². The van der Waals surface area contributed by atoms with Crippen molar-refractivity contribution >= 4 is 22.3 Å². The number of ether oxygens (including phenoxy) is 1. The topological polar surface area (TPSA) is 43.6 Å². The lowest BCUT2D eigenvalue weighted by atomic mass is 10.4. The van der Waals surface area contributed by atoms with Gasteiger partial charge < -0.3 is 4.74 Å². The number of esters is 1. The average Bonchev–Trinajstić information content (AvgIpc) is 2.78. The standard InChI is InChI=1S/C10H12N2O2S/c1-3-4-14-9(13)8-5-12-7(2)6-15-10(12)11-8/h5-6H,3-4H2,1-2H3. The SMILES string of the molecule is CCCOC(=O)c1cn2c(C)csc2n1. The molecule has 2 heterocycles. The van der Waals surface area contributed by atoms with Crippen LogP contribution in [0.5, 0.6) is 0 Å². The highest BCUT2D eigenvalue weighted by molar-refractivity contribution is 7.15. The van der Waals surface area contributed by atoms with E-state index in [0.29, 0.717) is 12.3 Å². The maximum absolute atomic E-state index is 11.5. The summed E-state index contributed by atoms with van der Waals surface area (Å²) in [6.45, 7) is 4.39. The summed E-state index contributed by atoms with van der Waals surface area (Å²) >= 11 is 1.52. The minimum atomic E-state index is -0.341. The average molecular weight is 224 g/mol. The van der Waals surface area contributed by atoms with E-state index in [0.717, 1.165) is 17.1 Å². The molecule has 0 fully saturated rings. The molecule has 0 radical (unpaired) electrons. The summed E-state index contributed by atoms with van der Waals surface area (Å²) < 4.78 is 6.90. The second-order valence-corrected chi connectivity index (χ2v) is 4.13. The van der Waals surface area contributed by atoms with Gasteiger partial charge in [0.25, 0.3) is 0 Å². The lowest BCUT2D eigenvalue weighted by Crippen LogP contribution is -2.06. The van der Waals surface area contributed by atoms with Crippen LogP contribution in [0.3, 0.4) is 0 Å². The third kappa shape index (κ3) is 1.87. The highest BCUT2D eigenvalue weighted by Crippen LogP contribution is 2.16. The van der Waals surface area contributed by atoms with Gasteiger partial charge in [0.15, 0.2) is 10.7 Å². The number of aromatic nitrogens is 2. The highest BCUT2D eigenvalue weighted by atomic mass is 32.1. The van der Waals surface area contributed by atoms with Gasteiger partial charge in [-0.25, -0.2) is 9.78 Å². The fourth-order valence-electron chi connectivity index (χ4n) is 1.26. The number of carbonyl (C=O) groups excluding carboxylic acids is 1. The molecule has 2 aromatic heterocycles. The Labute approximate surface area is 91.5 Å². The molecule has 0 unspecified atom stereocenters. The molecule has 4 nitrogen and oxygen atoms in total. The van der Waals surface area contributed by atoms with E-state index in [4.69, 9.17) is 4.74 Å². The Morgan fingerprint density at radius 3 is 3.13 bits per heavy atom. The van der Waals surface area contributed by atoms with E-state index in [1.54, 1.807) is 6.20 Å². The number of nitrogens with zero attached hydrogens (tertiary/aromatic N) is 2. The van der Waals surface area contributed by atoms with Gasteiger partial charge in [-0.15, -0.1) is 11.3 Å². The van der Waals surface area contributed by atoms with E-state index in [2.05, 4.69) is 4.98 Å². The zero-order valence-corrected chi connectivity index (χ0v) is 9.50. The Balaban J connectivity index is 2.24. The van der Waals surface area contributed by atoms with Gasteiger partial charge in [-0.3, -0.25) is 4.40 Å². The first-order valence-corrected chi connectivity index (χ1v) is 5.70. The fourth-order valence-corrected chi connectivity index (χ4v) is 2.11. The van der Waals surface area contributed by atoms with Gasteiger partial charge in [0.2, 0.25) is 0 Å². The zero-order valence-electron chi connectivity index (χ0n) is 8.69. The molecule has 0 atom stereocenters. The molecule has 0 bridgehead atoms. The van der Waals surface area contributed by atoms with E-state index in [1.165, 1.54) is 11.3 Å². The van der Waals surface area contributed by atoms with Crippen LogP contribution >= 0.6 is 11.3 Å². The number of aryl methyl sites for hydroxylation is 1. The van der Waals surface area contributed by atoms with Gasteiger partial charge in [-0.05, 0) is 13.3 Å². The predicted molar refractivity (Wildman–Crippen MR) is 58.4 cm³/mol. The quantitative estimate of drug-likeness (QED) is 0.751. The Morgan fingerprint density at radius 1 is 1.67 bits per heavy atom. The van der Waals surface area contributed by atoms with Crippen LogP contribution < -0.4 is 0 Å². The highest BCUT2D eigenvalue weighted by Gasteiger charge is 2.13. The lowest BCUT2D eigenvalue weighted by Gasteiger charge is -1.98. The second-order valence-electron chi connectivity index (χ2n) is 3.29. The summed E-state index contributed by atoms with van der Waals surface area (Å²) in [5.74, 6) is -0.341. The van der Waals surface area contributed by atoms with Crippen LogP contribution in [0.1, 0.15) is 29.5 Å². The van der Waals surface area contributed by atoms with Crippen LogP contribution in [0.4, 0.5) is 0 Å². The zero-order chi connectivity index (χ0) is 10.8. The monoisotopic (exact) mass is 224 g/mol. The summed E-state index contributed by atoms with van der Waals surface area (Å²) in [4.78, 5) is 16.5. The van der Waals surface area contributed by atoms with Crippen LogP contribution in [0.15, 0.2) is 11.6 Å². The van der Waals surface area contributed by atoms with Crippen molar-refractivity contribution in [3.63, 3.8) is 0 Å². The maximum atomic E-state index is 11.5. The molecule has 0 aliphatic rings. The number of rotatable bonds is 3. The van der Waals surface area contributed by atoms with E-state index in [9.17, 15) is 4.79 Å². The molecule has 5 heteroatoms. The summed E-state index contributed by atoms with van der Waals surface area (Å²) in [6, 6.07) is 0. The molecule has 0 saturated carbocycles. The Bertz CT molecular complexity index is 487. The molecule has 0 N–H and O–H groups in total. The van der Waals surface area contributed by atoms with E-state index in [-0.39, 0.29) is 5.97 Å². The minimum absolute atomic E-state index is 0.341. The number of hydrogen-bond donors (Lipinski definition) is 0. The van der Waals surface area contributed by atoms with Gasteiger partial charge >= 0.3 is 5.97 Å². The lowest BCUT2D eigenvalue weighted by molar-refractivity contribution is 0.0499. The number of imidazole rings is 1. The molecule has 0 aliphatic carbocycles. The predicted octanol–water partition coefficient (Wildman–Crippen LogP) is 2.27. The van der Waals surface area contributed by atoms with Crippen molar-refractivity contribution in [2.24, 2.45) is 0 Å². The molecule has 2 rings (SSSR count). The van der Waals surface area contributed by atoms with Crippen molar-refractivity contribution in [2.45, 2.75) is 20.3 Å². The Kier molecular flexibility index (Phi) is 2.73. The molecule has 0 spiro atoms. The van der Waals surface area contributed by atoms with Crippen molar-refractivity contribution in [1.82, 2.24) is 9.38 Å². The number of hydrogen-bond acceptors (Lipinski definition) is 4. The van der Waals surface area contributed by atoms with Crippen LogP contribution in [0.2, 0.25) is 0 Å². The molecule has 0 aromatic carbocycles. The first-order chi connectivity index (χ1) is 7.22. The Hall–Kier alpha value is -1.36. The largest absolute Gasteiger partial charge is 0.461 e. The van der Waals surface area contributed by atoms with Crippen molar-refractivity contribution in [1.29, 1.82) is 0 Å². The molecular weight excluding hydrogens is 212 g/mol. The van der Waals surface area contributed by atoms with Gasteiger partial charge in [-0.1, -0.05) is 6.92 Å². The fraction of sp³-hybridized carbons (Fsp3) is 0.400. The first kappa shape index (κ1) is 10.2. The minimum Gasteiger partial charge on any atom is -0.461 e. The van der Waals surface area contributed by atoms with Crippen LogP contribution in [0.25, 0.3) is 4.96 Å². The number of carbonyl (C=O) groups is 1. The molecule has 0 aliphatic heterocycles. The third-order valence-corrected chi connectivity index (χ3v) is 2.99. The van der Waals surface area contributed by atoms with Crippen LogP contribution in [-0.2, 0) is 4.74 Å². The van der Waals surface area contributed by atoms with Gasteiger partial charge in [0.05, 0.1) is 6.61 Å². The summed E-state index contributed by atoms with van der Waals surface area (Å²) in [7, 11) is 0. The second kappa shape index (κ2) is 4.02. The molecular formula is C10H12N2O2S. The Morgan fingerprint density at radius 2 is 2.47 bits per heavy atom. The van der Waals surface area contributed by atoms with Gasteiger partial charge in [-0.2, -0.15) is 0 Å². The smallest absolute Gasteiger partial charge is 0.358 e. The van der Waals surface area contributed by atoms with Crippen molar-refractivity contribution < 1.29 is 9.53 Å². The molecule has 15 heavy (non-hydrogen) atoms. The van der Waals surface area contributed by atoms with Crippen molar-refractivity contribution in [3.8, 4) is 0 Å². The number of fused-ring (bicyclic) bond motifs is 1. The third-order valence-electron chi connectivity index (χ3n) is 2.03. The number of thiazole rings is 1.